The minimum atomic E-state index is -0.152. The van der Waals surface area contributed by atoms with Crippen molar-refractivity contribution in [2.75, 3.05) is 18.6 Å². The van der Waals surface area contributed by atoms with Crippen LogP contribution >= 0.6 is 11.3 Å². The molecule has 0 aliphatic carbocycles. The van der Waals surface area contributed by atoms with E-state index in [1.807, 2.05) is 41.8 Å². The molecule has 1 saturated heterocycles. The van der Waals surface area contributed by atoms with Gasteiger partial charge in [0.05, 0.1) is 19.6 Å². The number of hydrogen-bond donors (Lipinski definition) is 1. The highest BCUT2D eigenvalue weighted by Crippen LogP contribution is 2.25. The fourth-order valence-electron chi connectivity index (χ4n) is 2.68. The zero-order valence-electron chi connectivity index (χ0n) is 12.8. The minimum absolute atomic E-state index is 0.0136. The molecular formula is C17H18N2O3S. The average Bonchev–Trinajstić information content (AvgIpc) is 3.17. The Morgan fingerprint density at radius 2 is 2.26 bits per heavy atom. The first-order valence-corrected chi connectivity index (χ1v) is 8.30. The van der Waals surface area contributed by atoms with Crippen molar-refractivity contribution < 1.29 is 14.3 Å². The minimum Gasteiger partial charge on any atom is -0.497 e. The number of anilines is 1. The number of hydrogen-bond acceptors (Lipinski definition) is 4. The van der Waals surface area contributed by atoms with Crippen LogP contribution in [0.3, 0.4) is 0 Å². The lowest BCUT2D eigenvalue weighted by molar-refractivity contribution is -0.121. The molecule has 2 aromatic rings. The third-order valence-electron chi connectivity index (χ3n) is 3.77. The van der Waals surface area contributed by atoms with Crippen LogP contribution in [0.4, 0.5) is 5.69 Å². The lowest BCUT2D eigenvalue weighted by Crippen LogP contribution is -2.37. The number of nitrogens with zero attached hydrogens (tertiary/aromatic N) is 1. The van der Waals surface area contributed by atoms with E-state index < -0.39 is 0 Å². The first-order valence-electron chi connectivity index (χ1n) is 7.42. The van der Waals surface area contributed by atoms with Crippen LogP contribution < -0.4 is 15.0 Å². The molecule has 2 heterocycles. The molecule has 2 amide bonds. The van der Waals surface area contributed by atoms with E-state index in [2.05, 4.69) is 5.32 Å². The number of ether oxygens (including phenoxy) is 1. The van der Waals surface area contributed by atoms with E-state index >= 15 is 0 Å². The summed E-state index contributed by atoms with van der Waals surface area (Å²) in [6.07, 6.45) is 0.689. The summed E-state index contributed by atoms with van der Waals surface area (Å²) in [5.41, 5.74) is 0.796. The normalized spacial score (nSPS) is 17.3. The van der Waals surface area contributed by atoms with Gasteiger partial charge in [0, 0.05) is 29.6 Å². The Morgan fingerprint density at radius 1 is 1.39 bits per heavy atom. The summed E-state index contributed by atoms with van der Waals surface area (Å²) in [6, 6.07) is 11.1. The van der Waals surface area contributed by atoms with Gasteiger partial charge in [-0.1, -0.05) is 12.1 Å². The average molecular weight is 330 g/mol. The number of rotatable bonds is 5. The molecule has 23 heavy (non-hydrogen) atoms. The Kier molecular flexibility index (Phi) is 4.62. The van der Waals surface area contributed by atoms with Gasteiger partial charge in [0.2, 0.25) is 11.8 Å². The molecule has 1 N–H and O–H groups in total. The molecular weight excluding hydrogens is 312 g/mol. The summed E-state index contributed by atoms with van der Waals surface area (Å²) in [5, 5.41) is 4.90. The molecule has 1 atom stereocenters. The Labute approximate surface area is 138 Å². The maximum absolute atomic E-state index is 12.2. The van der Waals surface area contributed by atoms with Crippen molar-refractivity contribution >= 4 is 28.8 Å². The summed E-state index contributed by atoms with van der Waals surface area (Å²) >= 11 is 1.56. The van der Waals surface area contributed by atoms with Crippen molar-refractivity contribution in [3.8, 4) is 5.75 Å². The number of thiophene rings is 1. The zero-order valence-corrected chi connectivity index (χ0v) is 13.6. The molecule has 1 fully saturated rings. The van der Waals surface area contributed by atoms with Crippen molar-refractivity contribution in [2.45, 2.75) is 18.9 Å². The third kappa shape index (κ3) is 3.71. The van der Waals surface area contributed by atoms with Crippen LogP contribution in [0, 0.1) is 0 Å². The highest BCUT2D eigenvalue weighted by atomic mass is 32.1. The van der Waals surface area contributed by atoms with Crippen LogP contribution in [-0.4, -0.2) is 31.5 Å². The molecule has 1 aliphatic heterocycles. The van der Waals surface area contributed by atoms with Crippen LogP contribution in [0.5, 0.6) is 5.75 Å². The Hall–Kier alpha value is -2.34. The third-order valence-corrected chi connectivity index (χ3v) is 4.65. The van der Waals surface area contributed by atoms with E-state index in [1.165, 1.54) is 0 Å². The maximum atomic E-state index is 12.2. The summed E-state index contributed by atoms with van der Waals surface area (Å²) in [7, 11) is 1.60. The molecule has 0 bridgehead atoms. The molecule has 1 aliphatic rings. The van der Waals surface area contributed by atoms with Gasteiger partial charge in [-0.25, -0.2) is 0 Å². The smallest absolute Gasteiger partial charge is 0.229 e. The predicted octanol–water partition coefficient (Wildman–Crippen LogP) is 2.22. The van der Waals surface area contributed by atoms with Gasteiger partial charge in [-0.3, -0.25) is 9.59 Å². The SMILES string of the molecule is COc1cccc(N2C[C@H](NC(=O)Cc3cccs3)CC2=O)c1. The lowest BCUT2D eigenvalue weighted by atomic mass is 10.2. The first-order chi connectivity index (χ1) is 11.2. The quantitative estimate of drug-likeness (QED) is 0.914. The summed E-state index contributed by atoms with van der Waals surface area (Å²) < 4.78 is 5.19. The topological polar surface area (TPSA) is 58.6 Å². The fourth-order valence-corrected chi connectivity index (χ4v) is 3.39. The molecule has 0 unspecified atom stereocenters. The van der Waals surface area contributed by atoms with Crippen LogP contribution in [0.1, 0.15) is 11.3 Å². The van der Waals surface area contributed by atoms with Gasteiger partial charge in [0.15, 0.2) is 0 Å². The largest absolute Gasteiger partial charge is 0.497 e. The molecule has 1 aromatic heterocycles. The van der Waals surface area contributed by atoms with Gasteiger partial charge in [-0.2, -0.15) is 0 Å². The second-order valence-corrected chi connectivity index (χ2v) is 6.46. The van der Waals surface area contributed by atoms with Gasteiger partial charge >= 0.3 is 0 Å². The Bertz CT molecular complexity index is 700. The summed E-state index contributed by atoms with van der Waals surface area (Å²) in [5.74, 6) is 0.679. The van der Waals surface area contributed by atoms with Gasteiger partial charge < -0.3 is 15.0 Å². The van der Waals surface area contributed by atoms with E-state index in [1.54, 1.807) is 23.3 Å². The van der Waals surface area contributed by atoms with Gasteiger partial charge in [-0.15, -0.1) is 11.3 Å². The van der Waals surface area contributed by atoms with Crippen LogP contribution in [-0.2, 0) is 16.0 Å². The number of carbonyl (C=O) groups is 2. The Balaban J connectivity index is 1.61. The molecule has 0 spiro atoms. The maximum Gasteiger partial charge on any atom is 0.229 e. The van der Waals surface area contributed by atoms with E-state index in [9.17, 15) is 9.59 Å². The summed E-state index contributed by atoms with van der Waals surface area (Å²) in [6.45, 7) is 0.488. The van der Waals surface area contributed by atoms with E-state index in [0.717, 1.165) is 10.6 Å². The fraction of sp³-hybridized carbons (Fsp3) is 0.294. The van der Waals surface area contributed by atoms with Crippen molar-refractivity contribution in [3.05, 3.63) is 46.7 Å². The lowest BCUT2D eigenvalue weighted by Gasteiger charge is -2.18. The number of carbonyl (C=O) groups excluding carboxylic acids is 2. The van der Waals surface area contributed by atoms with Gasteiger partial charge in [-0.05, 0) is 23.6 Å². The Morgan fingerprint density at radius 3 is 3.00 bits per heavy atom. The molecule has 1 aromatic carbocycles. The van der Waals surface area contributed by atoms with E-state index in [4.69, 9.17) is 4.74 Å². The van der Waals surface area contributed by atoms with Gasteiger partial charge in [0.1, 0.15) is 5.75 Å². The van der Waals surface area contributed by atoms with E-state index in [-0.39, 0.29) is 17.9 Å². The zero-order chi connectivity index (χ0) is 16.2. The molecule has 0 saturated carbocycles. The highest BCUT2D eigenvalue weighted by Gasteiger charge is 2.31. The van der Waals surface area contributed by atoms with Crippen LogP contribution in [0.25, 0.3) is 0 Å². The molecule has 3 rings (SSSR count). The second kappa shape index (κ2) is 6.83. The molecule has 5 nitrogen and oxygen atoms in total. The highest BCUT2D eigenvalue weighted by molar-refractivity contribution is 7.10. The van der Waals surface area contributed by atoms with Crippen molar-refractivity contribution in [3.63, 3.8) is 0 Å². The summed E-state index contributed by atoms with van der Waals surface area (Å²) in [4.78, 5) is 27.0. The standard InChI is InChI=1S/C17H18N2O3S/c1-22-14-5-2-4-13(9-14)19-11-12(8-17(19)21)18-16(20)10-15-6-3-7-23-15/h2-7,9,12H,8,10-11H2,1H3,(H,18,20)/t12-/m1/s1. The molecule has 6 heteroatoms. The number of methoxy groups -OCH3 is 1. The van der Waals surface area contributed by atoms with Crippen LogP contribution in [0.15, 0.2) is 41.8 Å². The monoisotopic (exact) mass is 330 g/mol. The predicted molar refractivity (Wildman–Crippen MR) is 89.9 cm³/mol. The van der Waals surface area contributed by atoms with Crippen LogP contribution in [0.2, 0.25) is 0 Å². The molecule has 0 radical (unpaired) electrons. The number of nitrogens with one attached hydrogen (secondary N) is 1. The number of amides is 2. The second-order valence-electron chi connectivity index (χ2n) is 5.43. The van der Waals surface area contributed by atoms with Crippen molar-refractivity contribution in [2.24, 2.45) is 0 Å². The number of benzene rings is 1. The first kappa shape index (κ1) is 15.6. The molecule has 120 valence electrons. The van der Waals surface area contributed by atoms with Gasteiger partial charge in [0.25, 0.3) is 0 Å². The van der Waals surface area contributed by atoms with Crippen molar-refractivity contribution in [1.29, 1.82) is 0 Å². The van der Waals surface area contributed by atoms with Crippen molar-refractivity contribution in [1.82, 2.24) is 5.32 Å². The van der Waals surface area contributed by atoms with E-state index in [0.29, 0.717) is 25.1 Å².